The Morgan fingerprint density at radius 3 is 2.50 bits per heavy atom. The van der Waals surface area contributed by atoms with Crippen LogP contribution >= 0.6 is 0 Å². The zero-order valence-electron chi connectivity index (χ0n) is 11.4. The zero-order chi connectivity index (χ0) is 14.1. The quantitative estimate of drug-likeness (QED) is 0.682. The number of nitriles is 1. The molecule has 0 saturated heterocycles. The van der Waals surface area contributed by atoms with Crippen LogP contribution < -0.4 is 0 Å². The summed E-state index contributed by atoms with van der Waals surface area (Å²) in [6.45, 7) is 6.82. The van der Waals surface area contributed by atoms with E-state index in [9.17, 15) is 5.26 Å². The molecule has 1 aromatic heterocycles. The van der Waals surface area contributed by atoms with Crippen LogP contribution in [0.1, 0.15) is 22.4 Å². The Balaban J connectivity index is 2.15. The minimum absolute atomic E-state index is 0.645. The van der Waals surface area contributed by atoms with E-state index in [-0.39, 0.29) is 0 Å². The van der Waals surface area contributed by atoms with Gasteiger partial charge >= 0.3 is 0 Å². The maximum atomic E-state index is 9.41. The van der Waals surface area contributed by atoms with Crippen molar-refractivity contribution >= 4 is 10.9 Å². The second-order valence-corrected chi connectivity index (χ2v) is 5.03. The molecule has 0 aliphatic rings. The van der Waals surface area contributed by atoms with Gasteiger partial charge in [0.15, 0.2) is 0 Å². The third-order valence-corrected chi connectivity index (χ3v) is 3.64. The van der Waals surface area contributed by atoms with Crippen LogP contribution in [0.5, 0.6) is 0 Å². The molecule has 0 amide bonds. The smallest absolute Gasteiger partial charge is 0.124 e. The Hall–Kier alpha value is -2.53. The molecule has 0 N–H and O–H groups in total. The van der Waals surface area contributed by atoms with E-state index in [0.717, 1.165) is 16.5 Å². The summed E-state index contributed by atoms with van der Waals surface area (Å²) in [7, 11) is 0. The fraction of sp³-hybridized carbons (Fsp3) is 0.111. The van der Waals surface area contributed by atoms with Crippen molar-refractivity contribution in [3.8, 4) is 6.07 Å². The van der Waals surface area contributed by atoms with E-state index in [2.05, 4.69) is 44.2 Å². The van der Waals surface area contributed by atoms with E-state index in [1.54, 1.807) is 0 Å². The Kier molecular flexibility index (Phi) is 3.04. The third-order valence-electron chi connectivity index (χ3n) is 3.64. The van der Waals surface area contributed by atoms with Crippen molar-refractivity contribution < 1.29 is 0 Å². The number of benzene rings is 2. The highest BCUT2D eigenvalue weighted by atomic mass is 15.0. The van der Waals surface area contributed by atoms with Crippen LogP contribution in [0, 0.1) is 25.2 Å². The first kappa shape index (κ1) is 12.5. The molecule has 0 fully saturated rings. The van der Waals surface area contributed by atoms with Gasteiger partial charge in [0.1, 0.15) is 11.8 Å². The van der Waals surface area contributed by atoms with Gasteiger partial charge in [0.25, 0.3) is 0 Å². The largest absolute Gasteiger partial charge is 0.328 e. The van der Waals surface area contributed by atoms with Crippen molar-refractivity contribution in [2.45, 2.75) is 13.5 Å². The summed E-state index contributed by atoms with van der Waals surface area (Å²) in [6, 6.07) is 18.7. The van der Waals surface area contributed by atoms with Gasteiger partial charge in [-0.05, 0) is 31.0 Å². The summed E-state index contributed by atoms with van der Waals surface area (Å²) in [5.41, 5.74) is 4.95. The fourth-order valence-corrected chi connectivity index (χ4v) is 2.54. The zero-order valence-corrected chi connectivity index (χ0v) is 11.4. The van der Waals surface area contributed by atoms with Crippen molar-refractivity contribution in [2.24, 2.45) is 0 Å². The molecule has 0 aliphatic heterocycles. The van der Waals surface area contributed by atoms with Gasteiger partial charge in [-0.2, -0.15) is 5.26 Å². The summed E-state index contributed by atoms with van der Waals surface area (Å²) in [5, 5.41) is 10.5. The summed E-state index contributed by atoms with van der Waals surface area (Å²) in [4.78, 5) is 0. The van der Waals surface area contributed by atoms with Crippen molar-refractivity contribution in [3.63, 3.8) is 0 Å². The average Bonchev–Trinajstić information content (AvgIpc) is 2.74. The van der Waals surface area contributed by atoms with Crippen LogP contribution in [0.2, 0.25) is 0 Å². The second-order valence-electron chi connectivity index (χ2n) is 5.03. The van der Waals surface area contributed by atoms with Crippen molar-refractivity contribution in [2.75, 3.05) is 0 Å². The van der Waals surface area contributed by atoms with Gasteiger partial charge in [0.05, 0.1) is 0 Å². The first-order valence-electron chi connectivity index (χ1n) is 6.59. The van der Waals surface area contributed by atoms with Crippen LogP contribution in [0.25, 0.3) is 10.9 Å². The fourth-order valence-electron chi connectivity index (χ4n) is 2.54. The molecule has 1 heterocycles. The average molecular weight is 259 g/mol. The highest BCUT2D eigenvalue weighted by molar-refractivity contribution is 5.87. The van der Waals surface area contributed by atoms with Gasteiger partial charge in [-0.3, -0.25) is 0 Å². The second kappa shape index (κ2) is 4.86. The van der Waals surface area contributed by atoms with Crippen LogP contribution in [-0.2, 0) is 6.54 Å². The van der Waals surface area contributed by atoms with Gasteiger partial charge in [0, 0.05) is 17.4 Å². The lowest BCUT2D eigenvalue weighted by Crippen LogP contribution is -2.02. The highest BCUT2D eigenvalue weighted by Gasteiger charge is 2.13. The summed E-state index contributed by atoms with van der Waals surface area (Å²) < 4.78 is 2.04. The molecule has 2 nitrogen and oxygen atoms in total. The maximum Gasteiger partial charge on any atom is 0.124 e. The minimum atomic E-state index is 0.645. The molecule has 0 saturated carbocycles. The third kappa shape index (κ3) is 1.98. The Bertz CT molecular complexity index is 802. The Morgan fingerprint density at radius 1 is 1.10 bits per heavy atom. The topological polar surface area (TPSA) is 28.7 Å². The molecule has 0 atom stereocenters. The molecule has 0 spiro atoms. The summed E-state index contributed by atoms with van der Waals surface area (Å²) in [5.74, 6) is 0. The highest BCUT2D eigenvalue weighted by Crippen LogP contribution is 2.25. The number of hydrogen-bond acceptors (Lipinski definition) is 1. The van der Waals surface area contributed by atoms with Crippen molar-refractivity contribution in [3.05, 3.63) is 77.8 Å². The lowest BCUT2D eigenvalue weighted by Gasteiger charge is -2.07. The molecule has 3 rings (SSSR count). The number of aryl methyl sites for hydroxylation is 1. The van der Waals surface area contributed by atoms with E-state index in [0.29, 0.717) is 12.2 Å². The molecule has 0 aliphatic carbocycles. The molecule has 0 unspecified atom stereocenters. The first-order chi connectivity index (χ1) is 9.70. The van der Waals surface area contributed by atoms with Crippen molar-refractivity contribution in [1.82, 2.24) is 4.57 Å². The molecule has 20 heavy (non-hydrogen) atoms. The standard InChI is InChI=1S/C18H15N2/c1-13-7-9-15(10-8-13)12-20-17-6-4-3-5-16(17)14(2)18(20)11-19/h3-10H,2,12H2,1H3. The summed E-state index contributed by atoms with van der Waals surface area (Å²) in [6.07, 6.45) is 0. The molecular weight excluding hydrogens is 244 g/mol. The van der Waals surface area contributed by atoms with Gasteiger partial charge < -0.3 is 4.57 Å². The summed E-state index contributed by atoms with van der Waals surface area (Å²) >= 11 is 0. The van der Waals surface area contributed by atoms with E-state index in [4.69, 9.17) is 0 Å². The lowest BCUT2D eigenvalue weighted by atomic mass is 10.1. The van der Waals surface area contributed by atoms with E-state index >= 15 is 0 Å². The predicted octanol–water partition coefficient (Wildman–Crippen LogP) is 4.05. The van der Waals surface area contributed by atoms with E-state index < -0.39 is 0 Å². The van der Waals surface area contributed by atoms with Gasteiger partial charge in [-0.15, -0.1) is 0 Å². The predicted molar refractivity (Wildman–Crippen MR) is 81.4 cm³/mol. The molecular formula is C18H15N2. The van der Waals surface area contributed by atoms with Gasteiger partial charge in [0.2, 0.25) is 0 Å². The molecule has 2 aromatic carbocycles. The van der Waals surface area contributed by atoms with Crippen LogP contribution in [0.4, 0.5) is 0 Å². The van der Waals surface area contributed by atoms with Crippen LogP contribution in [-0.4, -0.2) is 4.57 Å². The lowest BCUT2D eigenvalue weighted by molar-refractivity contribution is 0.821. The number of hydrogen-bond donors (Lipinski definition) is 0. The van der Waals surface area contributed by atoms with Crippen LogP contribution in [0.15, 0.2) is 48.5 Å². The Morgan fingerprint density at radius 2 is 1.80 bits per heavy atom. The minimum Gasteiger partial charge on any atom is -0.328 e. The number of para-hydroxylation sites is 1. The number of rotatable bonds is 2. The van der Waals surface area contributed by atoms with E-state index in [1.165, 1.54) is 11.1 Å². The molecule has 2 heteroatoms. The normalized spacial score (nSPS) is 10.7. The molecule has 97 valence electrons. The van der Waals surface area contributed by atoms with Crippen LogP contribution in [0.3, 0.4) is 0 Å². The van der Waals surface area contributed by atoms with Crippen molar-refractivity contribution in [1.29, 1.82) is 5.26 Å². The first-order valence-corrected chi connectivity index (χ1v) is 6.59. The Labute approximate surface area is 118 Å². The van der Waals surface area contributed by atoms with Gasteiger partial charge in [-0.1, -0.05) is 48.0 Å². The number of aromatic nitrogens is 1. The SMILES string of the molecule is [CH2]c1c(C#N)n(Cc2ccc(C)cc2)c2ccccc12. The number of fused-ring (bicyclic) bond motifs is 1. The number of nitrogens with zero attached hydrogens (tertiary/aromatic N) is 2. The molecule has 1 radical (unpaired) electrons. The van der Waals surface area contributed by atoms with E-state index in [1.807, 2.05) is 28.8 Å². The molecule has 0 bridgehead atoms. The maximum absolute atomic E-state index is 9.41. The molecule has 3 aromatic rings. The van der Waals surface area contributed by atoms with Gasteiger partial charge in [-0.25, -0.2) is 0 Å². The monoisotopic (exact) mass is 259 g/mol.